The summed E-state index contributed by atoms with van der Waals surface area (Å²) in [6, 6.07) is 18.4. The van der Waals surface area contributed by atoms with E-state index in [0.717, 1.165) is 21.9 Å². The van der Waals surface area contributed by atoms with Gasteiger partial charge in [0.15, 0.2) is 0 Å². The standard InChI is InChI=1S/C37H45N3O8/c1-7-20-46-35(44)32(24(2)3)40-34(43)29(21-27-18-13-17-26-16-11-12-19-28(26)27)38-33(42)30(22-31(41)48-37(4,5)6)39-36(45)47-23-25-14-9-8-10-15-25/h7-19,24,29-30,32H,1,20-23H2,2-6H3,(H,38,42)(H,39,45)(H,40,43). The third-order valence-corrected chi connectivity index (χ3v) is 7.11. The molecule has 48 heavy (non-hydrogen) atoms. The summed E-state index contributed by atoms with van der Waals surface area (Å²) in [5.74, 6) is -3.23. The molecule has 0 radical (unpaired) electrons. The number of esters is 2. The number of ether oxygens (including phenoxy) is 3. The van der Waals surface area contributed by atoms with Crippen molar-refractivity contribution >= 4 is 40.6 Å². The Kier molecular flexibility index (Phi) is 13.7. The van der Waals surface area contributed by atoms with Crippen LogP contribution in [-0.2, 0) is 46.4 Å². The first-order valence-corrected chi connectivity index (χ1v) is 15.8. The van der Waals surface area contributed by atoms with Gasteiger partial charge in [-0.05, 0) is 48.6 Å². The van der Waals surface area contributed by atoms with Gasteiger partial charge >= 0.3 is 18.0 Å². The van der Waals surface area contributed by atoms with Crippen LogP contribution in [0.2, 0.25) is 0 Å². The molecule has 11 nitrogen and oxygen atoms in total. The van der Waals surface area contributed by atoms with Gasteiger partial charge in [-0.3, -0.25) is 14.4 Å². The summed E-state index contributed by atoms with van der Waals surface area (Å²) >= 11 is 0. The van der Waals surface area contributed by atoms with E-state index in [0.29, 0.717) is 0 Å². The van der Waals surface area contributed by atoms with Crippen molar-refractivity contribution in [3.8, 4) is 0 Å². The van der Waals surface area contributed by atoms with Crippen LogP contribution in [0.3, 0.4) is 0 Å². The van der Waals surface area contributed by atoms with E-state index in [1.54, 1.807) is 58.9 Å². The van der Waals surface area contributed by atoms with Gasteiger partial charge in [-0.15, -0.1) is 0 Å². The zero-order valence-corrected chi connectivity index (χ0v) is 28.1. The first-order chi connectivity index (χ1) is 22.8. The minimum Gasteiger partial charge on any atom is -0.460 e. The third kappa shape index (κ3) is 11.9. The normalized spacial score (nSPS) is 13.0. The van der Waals surface area contributed by atoms with Crippen molar-refractivity contribution < 1.29 is 38.2 Å². The van der Waals surface area contributed by atoms with Gasteiger partial charge in [0.1, 0.15) is 36.9 Å². The van der Waals surface area contributed by atoms with Crippen molar-refractivity contribution in [2.75, 3.05) is 6.61 Å². The molecule has 3 amide bonds. The average Bonchev–Trinajstić information content (AvgIpc) is 3.04. The highest BCUT2D eigenvalue weighted by Crippen LogP contribution is 2.20. The summed E-state index contributed by atoms with van der Waals surface area (Å²) in [6.07, 6.45) is -0.0245. The molecule has 3 rings (SSSR count). The Morgan fingerprint density at radius 3 is 2.10 bits per heavy atom. The average molecular weight is 660 g/mol. The summed E-state index contributed by atoms with van der Waals surface area (Å²) in [7, 11) is 0. The smallest absolute Gasteiger partial charge is 0.408 e. The Morgan fingerprint density at radius 2 is 1.44 bits per heavy atom. The summed E-state index contributed by atoms with van der Waals surface area (Å²) in [5, 5.41) is 9.68. The second-order valence-corrected chi connectivity index (χ2v) is 12.6. The lowest BCUT2D eigenvalue weighted by atomic mass is 9.97. The largest absolute Gasteiger partial charge is 0.460 e. The number of rotatable bonds is 15. The first kappa shape index (κ1) is 37.3. The number of hydrogen-bond donors (Lipinski definition) is 3. The molecule has 0 aliphatic heterocycles. The molecule has 3 aromatic rings. The van der Waals surface area contributed by atoms with Gasteiger partial charge < -0.3 is 30.2 Å². The summed E-state index contributed by atoms with van der Waals surface area (Å²) in [5.41, 5.74) is 0.621. The van der Waals surface area contributed by atoms with Crippen LogP contribution in [0.25, 0.3) is 10.8 Å². The molecular formula is C37H45N3O8. The lowest BCUT2D eigenvalue weighted by Crippen LogP contribution is -2.57. The highest BCUT2D eigenvalue weighted by Gasteiger charge is 2.33. The zero-order valence-electron chi connectivity index (χ0n) is 28.1. The molecule has 256 valence electrons. The molecule has 11 heteroatoms. The van der Waals surface area contributed by atoms with Gasteiger partial charge in [0.2, 0.25) is 11.8 Å². The van der Waals surface area contributed by atoms with Crippen molar-refractivity contribution in [2.24, 2.45) is 5.92 Å². The van der Waals surface area contributed by atoms with Gasteiger partial charge in [-0.2, -0.15) is 0 Å². The maximum absolute atomic E-state index is 13.9. The molecule has 0 saturated heterocycles. The first-order valence-electron chi connectivity index (χ1n) is 15.8. The Morgan fingerprint density at radius 1 is 0.792 bits per heavy atom. The lowest BCUT2D eigenvalue weighted by Gasteiger charge is -2.27. The summed E-state index contributed by atoms with van der Waals surface area (Å²) < 4.78 is 15.9. The van der Waals surface area contributed by atoms with E-state index >= 15 is 0 Å². The van der Waals surface area contributed by atoms with E-state index in [-0.39, 0.29) is 25.6 Å². The zero-order chi connectivity index (χ0) is 35.3. The molecule has 3 N–H and O–H groups in total. The van der Waals surface area contributed by atoms with Gasteiger partial charge in [-0.25, -0.2) is 9.59 Å². The molecule has 0 aliphatic rings. The monoisotopic (exact) mass is 659 g/mol. The molecule has 0 heterocycles. The maximum atomic E-state index is 13.9. The minimum atomic E-state index is -1.45. The van der Waals surface area contributed by atoms with Crippen LogP contribution in [-0.4, -0.2) is 60.2 Å². The van der Waals surface area contributed by atoms with Gasteiger partial charge in [-0.1, -0.05) is 99.3 Å². The molecule has 3 aromatic carbocycles. The van der Waals surface area contributed by atoms with E-state index in [4.69, 9.17) is 14.2 Å². The fraction of sp³-hybridized carbons (Fsp3) is 0.378. The molecule has 0 aliphatic carbocycles. The Labute approximate surface area is 281 Å². The molecule has 0 bridgehead atoms. The Balaban J connectivity index is 1.90. The second-order valence-electron chi connectivity index (χ2n) is 12.6. The van der Waals surface area contributed by atoms with Crippen LogP contribution in [0.1, 0.15) is 52.2 Å². The van der Waals surface area contributed by atoms with Crippen molar-refractivity contribution in [1.29, 1.82) is 0 Å². The van der Waals surface area contributed by atoms with Crippen molar-refractivity contribution in [1.82, 2.24) is 16.0 Å². The predicted octanol–water partition coefficient (Wildman–Crippen LogP) is 4.76. The van der Waals surface area contributed by atoms with Crippen LogP contribution in [0.4, 0.5) is 4.79 Å². The Hall–Kier alpha value is -5.19. The molecule has 3 atom stereocenters. The summed E-state index contributed by atoms with van der Waals surface area (Å²) in [6.45, 7) is 12.0. The van der Waals surface area contributed by atoms with Gasteiger partial charge in [0.25, 0.3) is 0 Å². The van der Waals surface area contributed by atoms with Crippen LogP contribution in [0.5, 0.6) is 0 Å². The number of alkyl carbamates (subject to hydrolysis) is 1. The third-order valence-electron chi connectivity index (χ3n) is 7.11. The number of carbonyl (C=O) groups is 5. The molecular weight excluding hydrogens is 614 g/mol. The molecule has 0 aromatic heterocycles. The molecule has 0 fully saturated rings. The topological polar surface area (TPSA) is 149 Å². The van der Waals surface area contributed by atoms with E-state index < -0.39 is 60.0 Å². The SMILES string of the molecule is C=CCOC(=O)C(NC(=O)C(Cc1cccc2ccccc12)NC(=O)C(CC(=O)OC(C)(C)C)NC(=O)OCc1ccccc1)C(C)C. The minimum absolute atomic E-state index is 0.0308. The van der Waals surface area contributed by atoms with E-state index in [2.05, 4.69) is 22.5 Å². The molecule has 3 unspecified atom stereocenters. The number of hydrogen-bond acceptors (Lipinski definition) is 8. The Bertz CT molecular complexity index is 1580. The van der Waals surface area contributed by atoms with Crippen LogP contribution in [0.15, 0.2) is 85.5 Å². The quantitative estimate of drug-likeness (QED) is 0.120. The van der Waals surface area contributed by atoms with Gasteiger partial charge in [0.05, 0.1) is 6.42 Å². The highest BCUT2D eigenvalue weighted by atomic mass is 16.6. The van der Waals surface area contributed by atoms with Crippen molar-refractivity contribution in [2.45, 2.75) is 77.8 Å². The summed E-state index contributed by atoms with van der Waals surface area (Å²) in [4.78, 5) is 66.2. The fourth-order valence-corrected chi connectivity index (χ4v) is 4.82. The number of benzene rings is 3. The predicted molar refractivity (Wildman–Crippen MR) is 182 cm³/mol. The lowest BCUT2D eigenvalue weighted by molar-refractivity contribution is -0.156. The number of fused-ring (bicyclic) bond motifs is 1. The number of nitrogens with one attached hydrogen (secondary N) is 3. The number of amides is 3. The van der Waals surface area contributed by atoms with Crippen LogP contribution < -0.4 is 16.0 Å². The van der Waals surface area contributed by atoms with Crippen molar-refractivity contribution in [3.05, 3.63) is 96.6 Å². The molecule has 0 spiro atoms. The van der Waals surface area contributed by atoms with E-state index in [1.807, 2.05) is 48.5 Å². The van der Waals surface area contributed by atoms with Crippen molar-refractivity contribution in [3.63, 3.8) is 0 Å². The maximum Gasteiger partial charge on any atom is 0.408 e. The van der Waals surface area contributed by atoms with E-state index in [9.17, 15) is 24.0 Å². The van der Waals surface area contributed by atoms with Crippen LogP contribution >= 0.6 is 0 Å². The number of carbonyl (C=O) groups excluding carboxylic acids is 5. The van der Waals surface area contributed by atoms with E-state index in [1.165, 1.54) is 6.08 Å². The highest BCUT2D eigenvalue weighted by molar-refractivity contribution is 5.95. The second kappa shape index (κ2) is 17.7. The molecule has 0 saturated carbocycles. The van der Waals surface area contributed by atoms with Crippen LogP contribution in [0, 0.1) is 5.92 Å². The van der Waals surface area contributed by atoms with Gasteiger partial charge in [0, 0.05) is 6.42 Å². The fourth-order valence-electron chi connectivity index (χ4n) is 4.82.